The Labute approximate surface area is 126 Å². The Morgan fingerprint density at radius 1 is 1.14 bits per heavy atom. The monoisotopic (exact) mass is 283 g/mol. The lowest BCUT2D eigenvalue weighted by Crippen LogP contribution is -2.20. The van der Waals surface area contributed by atoms with Gasteiger partial charge in [-0.2, -0.15) is 0 Å². The van der Waals surface area contributed by atoms with Gasteiger partial charge >= 0.3 is 0 Å². The maximum atomic E-state index is 11.9. The average Bonchev–Trinajstić information content (AvgIpc) is 2.46. The summed E-state index contributed by atoms with van der Waals surface area (Å²) < 4.78 is 5.47. The van der Waals surface area contributed by atoms with Gasteiger partial charge in [0.05, 0.1) is 0 Å². The lowest BCUT2D eigenvalue weighted by atomic mass is 10.0. The molecule has 3 nitrogen and oxygen atoms in total. The van der Waals surface area contributed by atoms with Crippen LogP contribution in [-0.4, -0.2) is 12.5 Å². The van der Waals surface area contributed by atoms with Crippen LogP contribution in [0.2, 0.25) is 0 Å². The minimum Gasteiger partial charge on any atom is -0.484 e. The summed E-state index contributed by atoms with van der Waals surface area (Å²) in [6.45, 7) is 6.28. The second kappa shape index (κ2) is 6.93. The van der Waals surface area contributed by atoms with Crippen molar-refractivity contribution in [2.75, 3.05) is 11.9 Å². The number of nitrogens with one attached hydrogen (secondary N) is 1. The van der Waals surface area contributed by atoms with Gasteiger partial charge in [-0.3, -0.25) is 4.79 Å². The molecule has 0 unspecified atom stereocenters. The lowest BCUT2D eigenvalue weighted by molar-refractivity contribution is -0.118. The summed E-state index contributed by atoms with van der Waals surface area (Å²) in [5, 5.41) is 2.83. The Morgan fingerprint density at radius 2 is 1.86 bits per heavy atom. The van der Waals surface area contributed by atoms with Crippen molar-refractivity contribution in [3.05, 3.63) is 59.7 Å². The number of rotatable bonds is 5. The van der Waals surface area contributed by atoms with Crippen LogP contribution in [0.3, 0.4) is 0 Å². The molecule has 0 aliphatic heterocycles. The fourth-order valence-electron chi connectivity index (χ4n) is 2.00. The highest BCUT2D eigenvalue weighted by atomic mass is 16.5. The first-order valence-electron chi connectivity index (χ1n) is 7.14. The van der Waals surface area contributed by atoms with Crippen LogP contribution in [0.5, 0.6) is 5.75 Å². The number of anilines is 1. The SMILES string of the molecule is Cc1cccc(OCC(=O)Nc2ccc(C(C)C)cc2)c1. The van der Waals surface area contributed by atoms with E-state index < -0.39 is 0 Å². The molecular formula is C18H21NO2. The predicted octanol–water partition coefficient (Wildman–Crippen LogP) is 4.14. The predicted molar refractivity (Wildman–Crippen MR) is 85.8 cm³/mol. The molecule has 1 amide bonds. The summed E-state index contributed by atoms with van der Waals surface area (Å²) in [4.78, 5) is 11.9. The number of benzene rings is 2. The van der Waals surface area contributed by atoms with E-state index in [0.29, 0.717) is 11.7 Å². The molecule has 0 saturated heterocycles. The van der Waals surface area contributed by atoms with E-state index >= 15 is 0 Å². The van der Waals surface area contributed by atoms with Crippen LogP contribution >= 0.6 is 0 Å². The number of hydrogen-bond acceptors (Lipinski definition) is 2. The van der Waals surface area contributed by atoms with Crippen molar-refractivity contribution < 1.29 is 9.53 Å². The van der Waals surface area contributed by atoms with Crippen LogP contribution in [-0.2, 0) is 4.79 Å². The molecule has 1 N–H and O–H groups in total. The van der Waals surface area contributed by atoms with E-state index in [1.165, 1.54) is 5.56 Å². The Kier molecular flexibility index (Phi) is 4.99. The number of carbonyl (C=O) groups is 1. The molecule has 0 bridgehead atoms. The minimum atomic E-state index is -0.159. The highest BCUT2D eigenvalue weighted by molar-refractivity contribution is 5.91. The molecule has 0 aliphatic rings. The van der Waals surface area contributed by atoms with Gasteiger partial charge in [0, 0.05) is 5.69 Å². The van der Waals surface area contributed by atoms with Gasteiger partial charge in [-0.1, -0.05) is 38.1 Å². The zero-order valence-electron chi connectivity index (χ0n) is 12.7. The highest BCUT2D eigenvalue weighted by Gasteiger charge is 2.05. The zero-order valence-corrected chi connectivity index (χ0v) is 12.7. The molecule has 0 spiro atoms. The van der Waals surface area contributed by atoms with E-state index in [0.717, 1.165) is 11.3 Å². The van der Waals surface area contributed by atoms with Gasteiger partial charge < -0.3 is 10.1 Å². The van der Waals surface area contributed by atoms with Crippen molar-refractivity contribution in [2.24, 2.45) is 0 Å². The molecule has 3 heteroatoms. The van der Waals surface area contributed by atoms with Crippen LogP contribution in [0.4, 0.5) is 5.69 Å². The van der Waals surface area contributed by atoms with Gasteiger partial charge in [0.15, 0.2) is 6.61 Å². The topological polar surface area (TPSA) is 38.3 Å². The molecule has 0 heterocycles. The smallest absolute Gasteiger partial charge is 0.262 e. The largest absolute Gasteiger partial charge is 0.484 e. The van der Waals surface area contributed by atoms with E-state index in [1.807, 2.05) is 55.5 Å². The Bertz CT molecular complexity index is 603. The number of carbonyl (C=O) groups excluding carboxylic acids is 1. The third-order valence-corrected chi connectivity index (χ3v) is 3.22. The molecule has 0 aliphatic carbocycles. The molecular weight excluding hydrogens is 262 g/mol. The molecule has 2 rings (SSSR count). The maximum Gasteiger partial charge on any atom is 0.262 e. The van der Waals surface area contributed by atoms with E-state index in [-0.39, 0.29) is 12.5 Å². The lowest BCUT2D eigenvalue weighted by Gasteiger charge is -2.09. The Hall–Kier alpha value is -2.29. The van der Waals surface area contributed by atoms with Crippen molar-refractivity contribution in [1.29, 1.82) is 0 Å². The molecule has 0 saturated carbocycles. The third-order valence-electron chi connectivity index (χ3n) is 3.22. The zero-order chi connectivity index (χ0) is 15.2. The van der Waals surface area contributed by atoms with Crippen molar-refractivity contribution in [3.63, 3.8) is 0 Å². The summed E-state index contributed by atoms with van der Waals surface area (Å²) in [5.41, 5.74) is 3.15. The third kappa shape index (κ3) is 4.63. The molecule has 21 heavy (non-hydrogen) atoms. The number of ether oxygens (including phenoxy) is 1. The minimum absolute atomic E-state index is 0.00931. The Balaban J connectivity index is 1.87. The molecule has 0 atom stereocenters. The number of hydrogen-bond donors (Lipinski definition) is 1. The molecule has 0 radical (unpaired) electrons. The molecule has 2 aromatic rings. The summed E-state index contributed by atoms with van der Waals surface area (Å²) in [6, 6.07) is 15.5. The van der Waals surface area contributed by atoms with Crippen LogP contribution < -0.4 is 10.1 Å². The highest BCUT2D eigenvalue weighted by Crippen LogP contribution is 2.17. The summed E-state index contributed by atoms with van der Waals surface area (Å²) in [6.07, 6.45) is 0. The molecule has 0 aromatic heterocycles. The summed E-state index contributed by atoms with van der Waals surface area (Å²) in [5.74, 6) is 1.04. The number of aryl methyl sites for hydroxylation is 1. The fourth-order valence-corrected chi connectivity index (χ4v) is 2.00. The van der Waals surface area contributed by atoms with Crippen LogP contribution in [0, 0.1) is 6.92 Å². The second-order valence-electron chi connectivity index (χ2n) is 5.43. The first-order valence-corrected chi connectivity index (χ1v) is 7.14. The molecule has 2 aromatic carbocycles. The van der Waals surface area contributed by atoms with E-state index in [4.69, 9.17) is 4.74 Å². The van der Waals surface area contributed by atoms with Crippen molar-refractivity contribution in [1.82, 2.24) is 0 Å². The fraction of sp³-hybridized carbons (Fsp3) is 0.278. The first-order chi connectivity index (χ1) is 10.0. The van der Waals surface area contributed by atoms with Crippen molar-refractivity contribution in [3.8, 4) is 5.75 Å². The van der Waals surface area contributed by atoms with Gasteiger partial charge in [0.2, 0.25) is 0 Å². The summed E-state index contributed by atoms with van der Waals surface area (Å²) >= 11 is 0. The van der Waals surface area contributed by atoms with Crippen LogP contribution in [0.25, 0.3) is 0 Å². The van der Waals surface area contributed by atoms with E-state index in [9.17, 15) is 4.79 Å². The molecule has 110 valence electrons. The standard InChI is InChI=1S/C18H21NO2/c1-13(2)15-7-9-16(10-8-15)19-18(20)12-21-17-6-4-5-14(3)11-17/h4-11,13H,12H2,1-3H3,(H,19,20). The van der Waals surface area contributed by atoms with Gasteiger partial charge in [0.25, 0.3) is 5.91 Å². The average molecular weight is 283 g/mol. The van der Waals surface area contributed by atoms with Crippen molar-refractivity contribution >= 4 is 11.6 Å². The normalized spacial score (nSPS) is 10.5. The van der Waals surface area contributed by atoms with Gasteiger partial charge in [-0.05, 0) is 48.2 Å². The van der Waals surface area contributed by atoms with Gasteiger partial charge in [-0.15, -0.1) is 0 Å². The second-order valence-corrected chi connectivity index (χ2v) is 5.43. The quantitative estimate of drug-likeness (QED) is 0.895. The maximum absolute atomic E-state index is 11.9. The van der Waals surface area contributed by atoms with Gasteiger partial charge in [0.1, 0.15) is 5.75 Å². The van der Waals surface area contributed by atoms with E-state index in [1.54, 1.807) is 0 Å². The summed E-state index contributed by atoms with van der Waals surface area (Å²) in [7, 11) is 0. The molecule has 0 fully saturated rings. The van der Waals surface area contributed by atoms with Crippen LogP contribution in [0.1, 0.15) is 30.9 Å². The first kappa shape index (κ1) is 15.1. The Morgan fingerprint density at radius 3 is 2.48 bits per heavy atom. The van der Waals surface area contributed by atoms with E-state index in [2.05, 4.69) is 19.2 Å². The van der Waals surface area contributed by atoms with Gasteiger partial charge in [-0.25, -0.2) is 0 Å². The number of amides is 1. The van der Waals surface area contributed by atoms with Crippen molar-refractivity contribution in [2.45, 2.75) is 26.7 Å². The van der Waals surface area contributed by atoms with Crippen LogP contribution in [0.15, 0.2) is 48.5 Å².